The second-order valence-electron chi connectivity index (χ2n) is 5.50. The lowest BCUT2D eigenvalue weighted by Crippen LogP contribution is -2.13. The van der Waals surface area contributed by atoms with Gasteiger partial charge in [0.2, 0.25) is 0 Å². The van der Waals surface area contributed by atoms with Gasteiger partial charge in [-0.25, -0.2) is 4.98 Å². The fraction of sp³-hybridized carbons (Fsp3) is 0.118. The lowest BCUT2D eigenvalue weighted by molar-refractivity contribution is -0.112. The van der Waals surface area contributed by atoms with Crippen molar-refractivity contribution >= 4 is 22.6 Å². The Morgan fingerprint density at radius 2 is 2.17 bits per heavy atom. The monoisotopic (exact) mass is 305 g/mol. The highest BCUT2D eigenvalue weighted by molar-refractivity contribution is 6.08. The molecule has 1 aromatic carbocycles. The molecule has 0 saturated carbocycles. The normalized spacial score (nSPS) is 14.0. The number of fused-ring (bicyclic) bond motifs is 1. The van der Waals surface area contributed by atoms with Gasteiger partial charge in [0, 0.05) is 11.8 Å². The summed E-state index contributed by atoms with van der Waals surface area (Å²) < 4.78 is 0. The van der Waals surface area contributed by atoms with Crippen LogP contribution in [0, 0.1) is 0 Å². The Morgan fingerprint density at radius 3 is 2.96 bits per heavy atom. The molecule has 114 valence electrons. The van der Waals surface area contributed by atoms with Crippen molar-refractivity contribution in [3.63, 3.8) is 0 Å². The molecule has 1 aliphatic carbocycles. The molecule has 3 N–H and O–H groups in total. The zero-order valence-corrected chi connectivity index (χ0v) is 12.6. The van der Waals surface area contributed by atoms with Crippen molar-refractivity contribution in [2.45, 2.75) is 13.3 Å². The summed E-state index contributed by atoms with van der Waals surface area (Å²) in [7, 11) is 0. The molecule has 0 radical (unpaired) electrons. The van der Waals surface area contributed by atoms with Crippen LogP contribution in [0.1, 0.15) is 13.3 Å². The molecule has 0 atom stereocenters. The van der Waals surface area contributed by atoms with Gasteiger partial charge < -0.3 is 10.3 Å². The summed E-state index contributed by atoms with van der Waals surface area (Å²) in [5.74, 6) is 0.491. The summed E-state index contributed by atoms with van der Waals surface area (Å²) in [6.45, 7) is 1.96. The van der Waals surface area contributed by atoms with Crippen LogP contribution in [0.15, 0.2) is 53.8 Å². The number of H-pyrrole nitrogens is 2. The summed E-state index contributed by atoms with van der Waals surface area (Å²) in [6.07, 6.45) is 6.32. The van der Waals surface area contributed by atoms with Gasteiger partial charge in [-0.1, -0.05) is 29.9 Å². The Bertz CT molecular complexity index is 927. The van der Waals surface area contributed by atoms with E-state index in [1.807, 2.05) is 43.3 Å². The first kappa shape index (κ1) is 13.5. The van der Waals surface area contributed by atoms with Gasteiger partial charge in [-0.3, -0.25) is 9.89 Å². The maximum Gasteiger partial charge on any atom is 0.255 e. The SMILES string of the molecule is CC1=C(C(=O)Nc2c[nH]nc2-c2nc3ccccc3[nH]2)C=CC1. The maximum absolute atomic E-state index is 12.4. The first-order valence-corrected chi connectivity index (χ1v) is 7.39. The number of aromatic nitrogens is 4. The number of nitrogens with one attached hydrogen (secondary N) is 3. The number of carbonyl (C=O) groups is 1. The van der Waals surface area contributed by atoms with Crippen LogP contribution in [0.4, 0.5) is 5.69 Å². The average molecular weight is 305 g/mol. The molecule has 6 nitrogen and oxygen atoms in total. The van der Waals surface area contributed by atoms with Crippen molar-refractivity contribution in [3.05, 3.63) is 53.8 Å². The average Bonchev–Trinajstić information content (AvgIpc) is 3.24. The molecule has 1 aliphatic rings. The summed E-state index contributed by atoms with van der Waals surface area (Å²) in [6, 6.07) is 7.76. The number of anilines is 1. The van der Waals surface area contributed by atoms with E-state index >= 15 is 0 Å². The molecule has 2 aromatic heterocycles. The van der Waals surface area contributed by atoms with E-state index in [4.69, 9.17) is 0 Å². The molecule has 0 fully saturated rings. The fourth-order valence-corrected chi connectivity index (χ4v) is 2.70. The van der Waals surface area contributed by atoms with Gasteiger partial charge >= 0.3 is 0 Å². The molecule has 0 unspecified atom stereocenters. The number of rotatable bonds is 3. The Morgan fingerprint density at radius 1 is 1.30 bits per heavy atom. The van der Waals surface area contributed by atoms with Gasteiger partial charge in [-0.05, 0) is 25.5 Å². The molecular weight excluding hydrogens is 290 g/mol. The maximum atomic E-state index is 12.4. The van der Waals surface area contributed by atoms with E-state index < -0.39 is 0 Å². The fourth-order valence-electron chi connectivity index (χ4n) is 2.70. The van der Waals surface area contributed by atoms with Crippen LogP contribution >= 0.6 is 0 Å². The molecule has 0 bridgehead atoms. The van der Waals surface area contributed by atoms with E-state index in [-0.39, 0.29) is 5.91 Å². The van der Waals surface area contributed by atoms with Crippen molar-refractivity contribution < 1.29 is 4.79 Å². The third-order valence-electron chi connectivity index (χ3n) is 3.92. The minimum Gasteiger partial charge on any atom is -0.337 e. The van der Waals surface area contributed by atoms with Crippen LogP contribution in [0.5, 0.6) is 0 Å². The van der Waals surface area contributed by atoms with Gasteiger partial charge in [0.1, 0.15) is 0 Å². The van der Waals surface area contributed by atoms with Gasteiger partial charge in [-0.2, -0.15) is 5.10 Å². The smallest absolute Gasteiger partial charge is 0.255 e. The van der Waals surface area contributed by atoms with Gasteiger partial charge in [0.25, 0.3) is 5.91 Å². The largest absolute Gasteiger partial charge is 0.337 e. The predicted molar refractivity (Wildman–Crippen MR) is 88.8 cm³/mol. The van der Waals surface area contributed by atoms with Crippen molar-refractivity contribution in [1.29, 1.82) is 0 Å². The van der Waals surface area contributed by atoms with Gasteiger partial charge in [-0.15, -0.1) is 0 Å². The minimum absolute atomic E-state index is 0.130. The number of hydrogen-bond donors (Lipinski definition) is 3. The second-order valence-corrected chi connectivity index (χ2v) is 5.50. The highest BCUT2D eigenvalue weighted by atomic mass is 16.1. The van der Waals surface area contributed by atoms with Crippen molar-refractivity contribution in [2.24, 2.45) is 0 Å². The van der Waals surface area contributed by atoms with Crippen molar-refractivity contribution in [1.82, 2.24) is 20.2 Å². The first-order valence-electron chi connectivity index (χ1n) is 7.39. The Labute approximate surface area is 132 Å². The minimum atomic E-state index is -0.130. The topological polar surface area (TPSA) is 86.5 Å². The molecule has 4 rings (SSSR count). The third-order valence-corrected chi connectivity index (χ3v) is 3.92. The molecule has 1 amide bonds. The number of allylic oxidation sites excluding steroid dienone is 2. The molecule has 2 heterocycles. The molecule has 0 saturated heterocycles. The zero-order valence-electron chi connectivity index (χ0n) is 12.6. The lowest BCUT2D eigenvalue weighted by atomic mass is 10.1. The van der Waals surface area contributed by atoms with Crippen molar-refractivity contribution in [3.8, 4) is 11.5 Å². The van der Waals surface area contributed by atoms with Gasteiger partial charge in [0.05, 0.1) is 16.7 Å². The molecule has 6 heteroatoms. The van der Waals surface area contributed by atoms with Crippen LogP contribution in [0.3, 0.4) is 0 Å². The van der Waals surface area contributed by atoms with E-state index in [1.54, 1.807) is 6.20 Å². The number of para-hydroxylation sites is 2. The summed E-state index contributed by atoms with van der Waals surface area (Å²) in [5.41, 5.74) is 4.77. The Kier molecular flexibility index (Phi) is 3.08. The zero-order chi connectivity index (χ0) is 15.8. The van der Waals surface area contributed by atoms with Crippen LogP contribution in [0.25, 0.3) is 22.6 Å². The standard InChI is InChI=1S/C17H15N5O/c1-10-5-4-6-11(10)17(23)21-14-9-18-22-15(14)16-19-12-7-2-3-8-13(12)20-16/h2-4,6-9H,5H2,1H3,(H,18,22)(H,19,20)(H,21,23). The van der Waals surface area contributed by atoms with E-state index in [9.17, 15) is 4.79 Å². The molecule has 23 heavy (non-hydrogen) atoms. The summed E-state index contributed by atoms with van der Waals surface area (Å²) in [5, 5.41) is 9.91. The lowest BCUT2D eigenvalue weighted by Gasteiger charge is -2.05. The summed E-state index contributed by atoms with van der Waals surface area (Å²) >= 11 is 0. The third kappa shape index (κ3) is 2.34. The number of carbonyl (C=O) groups excluding carboxylic acids is 1. The highest BCUT2D eigenvalue weighted by Gasteiger charge is 2.18. The molecule has 3 aromatic rings. The summed E-state index contributed by atoms with van der Waals surface area (Å²) in [4.78, 5) is 20.1. The van der Waals surface area contributed by atoms with Crippen molar-refractivity contribution in [2.75, 3.05) is 5.32 Å². The molecular formula is C17H15N5O. The van der Waals surface area contributed by atoms with Crippen LogP contribution in [-0.2, 0) is 4.79 Å². The molecule has 0 aliphatic heterocycles. The van der Waals surface area contributed by atoms with E-state index in [1.165, 1.54) is 0 Å². The van der Waals surface area contributed by atoms with E-state index in [0.29, 0.717) is 22.8 Å². The Hall–Kier alpha value is -3.15. The molecule has 0 spiro atoms. The number of benzene rings is 1. The predicted octanol–water partition coefficient (Wildman–Crippen LogP) is 3.17. The number of aromatic amines is 2. The number of nitrogens with zero attached hydrogens (tertiary/aromatic N) is 2. The van der Waals surface area contributed by atoms with Crippen LogP contribution in [0.2, 0.25) is 0 Å². The quantitative estimate of drug-likeness (QED) is 0.694. The van der Waals surface area contributed by atoms with Crippen LogP contribution < -0.4 is 5.32 Å². The number of amides is 1. The number of imidazole rings is 1. The van der Waals surface area contributed by atoms with Gasteiger partial charge in [0.15, 0.2) is 11.5 Å². The van der Waals surface area contributed by atoms with E-state index in [2.05, 4.69) is 25.5 Å². The first-order chi connectivity index (χ1) is 11.2. The highest BCUT2D eigenvalue weighted by Crippen LogP contribution is 2.26. The number of hydrogen-bond acceptors (Lipinski definition) is 3. The second kappa shape index (κ2) is 5.24. The van der Waals surface area contributed by atoms with E-state index in [0.717, 1.165) is 23.0 Å². The Balaban J connectivity index is 1.67. The van der Waals surface area contributed by atoms with Crippen LogP contribution in [-0.4, -0.2) is 26.1 Å².